The average Bonchev–Trinajstić information content (AvgIpc) is 2.94. The second-order valence-electron chi connectivity index (χ2n) is 6.44. The van der Waals surface area contributed by atoms with Gasteiger partial charge in [0, 0.05) is 6.54 Å². The quantitative estimate of drug-likeness (QED) is 0.254. The highest BCUT2D eigenvalue weighted by atomic mass is 127. The van der Waals surface area contributed by atoms with Gasteiger partial charge in [-0.1, -0.05) is 26.0 Å². The van der Waals surface area contributed by atoms with Gasteiger partial charge in [0.25, 0.3) is 0 Å². The lowest BCUT2D eigenvalue weighted by atomic mass is 10.0. The molecule has 150 valence electrons. The van der Waals surface area contributed by atoms with E-state index in [0.717, 1.165) is 29.7 Å². The van der Waals surface area contributed by atoms with Gasteiger partial charge in [0.05, 0.1) is 12.2 Å². The number of nitrogens with one attached hydrogen (secondary N) is 2. The van der Waals surface area contributed by atoms with Crippen LogP contribution in [0.2, 0.25) is 0 Å². The van der Waals surface area contributed by atoms with Crippen LogP contribution in [0.4, 0.5) is 0 Å². The first-order chi connectivity index (χ1) is 12.5. The molecule has 1 heterocycles. The number of hydrogen-bond donors (Lipinski definition) is 2. The summed E-state index contributed by atoms with van der Waals surface area (Å²) in [6.07, 6.45) is 0. The van der Waals surface area contributed by atoms with Crippen molar-refractivity contribution in [1.82, 2.24) is 15.6 Å². The number of aryl methyl sites for hydroxylation is 2. The van der Waals surface area contributed by atoms with Crippen LogP contribution in [0.3, 0.4) is 0 Å². The predicted molar refractivity (Wildman–Crippen MR) is 120 cm³/mol. The van der Waals surface area contributed by atoms with Gasteiger partial charge in [0.2, 0.25) is 5.89 Å². The number of oxazole rings is 1. The Morgan fingerprint density at radius 3 is 2.44 bits per heavy atom. The normalized spacial score (nSPS) is 11.3. The van der Waals surface area contributed by atoms with Crippen molar-refractivity contribution in [1.29, 1.82) is 0 Å². The van der Waals surface area contributed by atoms with Crippen LogP contribution in [0.25, 0.3) is 0 Å². The minimum Gasteiger partial charge on any atom is -0.492 e. The van der Waals surface area contributed by atoms with E-state index < -0.39 is 0 Å². The van der Waals surface area contributed by atoms with Crippen molar-refractivity contribution in [3.63, 3.8) is 0 Å². The van der Waals surface area contributed by atoms with Crippen LogP contribution in [0.5, 0.6) is 5.75 Å². The molecule has 0 spiro atoms. The summed E-state index contributed by atoms with van der Waals surface area (Å²) < 4.78 is 11.3. The summed E-state index contributed by atoms with van der Waals surface area (Å²) in [7, 11) is 0. The minimum absolute atomic E-state index is 0. The number of halogens is 1. The first-order valence-electron chi connectivity index (χ1n) is 9.17. The van der Waals surface area contributed by atoms with E-state index in [1.807, 2.05) is 32.9 Å². The molecule has 7 heteroatoms. The predicted octanol–water partition coefficient (Wildman–Crippen LogP) is 4.17. The Bertz CT molecular complexity index is 692. The highest BCUT2D eigenvalue weighted by Gasteiger charge is 2.05. The highest BCUT2D eigenvalue weighted by molar-refractivity contribution is 14.0. The Kier molecular flexibility index (Phi) is 10.2. The summed E-state index contributed by atoms with van der Waals surface area (Å²) in [6, 6.07) is 8.25. The molecular weight excluding hydrogens is 455 g/mol. The van der Waals surface area contributed by atoms with Gasteiger partial charge in [0.15, 0.2) is 5.96 Å². The Labute approximate surface area is 179 Å². The number of rotatable bonds is 8. The molecule has 2 aromatic rings. The summed E-state index contributed by atoms with van der Waals surface area (Å²) in [5, 5.41) is 6.46. The number of ether oxygens (including phenoxy) is 1. The third-order valence-corrected chi connectivity index (χ3v) is 4.00. The number of hydrogen-bond acceptors (Lipinski definition) is 4. The zero-order valence-electron chi connectivity index (χ0n) is 16.8. The van der Waals surface area contributed by atoms with Gasteiger partial charge in [0.1, 0.15) is 24.7 Å². The molecule has 1 aromatic heterocycles. The van der Waals surface area contributed by atoms with Crippen LogP contribution in [0.15, 0.2) is 33.7 Å². The van der Waals surface area contributed by atoms with Gasteiger partial charge >= 0.3 is 0 Å². The van der Waals surface area contributed by atoms with Crippen molar-refractivity contribution in [3.05, 3.63) is 47.2 Å². The van der Waals surface area contributed by atoms with Gasteiger partial charge in [-0.15, -0.1) is 24.0 Å². The molecule has 0 saturated heterocycles. The summed E-state index contributed by atoms with van der Waals surface area (Å²) in [4.78, 5) is 8.84. The van der Waals surface area contributed by atoms with Crippen LogP contribution in [0, 0.1) is 13.8 Å². The first-order valence-corrected chi connectivity index (χ1v) is 9.17. The largest absolute Gasteiger partial charge is 0.492 e. The molecule has 0 saturated carbocycles. The van der Waals surface area contributed by atoms with Crippen molar-refractivity contribution in [2.45, 2.75) is 47.1 Å². The molecule has 0 aliphatic carbocycles. The molecule has 0 amide bonds. The fraction of sp³-hybridized carbons (Fsp3) is 0.500. The van der Waals surface area contributed by atoms with E-state index in [4.69, 9.17) is 9.15 Å². The fourth-order valence-corrected chi connectivity index (χ4v) is 2.38. The SMILES string of the molecule is CCNC(=NCc1nc(C)c(C)o1)NCCOc1ccc(C(C)C)cc1.I. The summed E-state index contributed by atoms with van der Waals surface area (Å²) in [5.41, 5.74) is 2.22. The van der Waals surface area contributed by atoms with Gasteiger partial charge in [-0.25, -0.2) is 9.98 Å². The number of benzene rings is 1. The molecule has 0 atom stereocenters. The zero-order valence-corrected chi connectivity index (χ0v) is 19.2. The van der Waals surface area contributed by atoms with Crippen molar-refractivity contribution in [2.24, 2.45) is 4.99 Å². The van der Waals surface area contributed by atoms with E-state index >= 15 is 0 Å². The molecule has 2 rings (SSSR count). The van der Waals surface area contributed by atoms with Crippen LogP contribution in [0.1, 0.15) is 49.6 Å². The lowest BCUT2D eigenvalue weighted by molar-refractivity contribution is 0.321. The molecule has 0 radical (unpaired) electrons. The van der Waals surface area contributed by atoms with E-state index in [9.17, 15) is 0 Å². The second-order valence-corrected chi connectivity index (χ2v) is 6.44. The Morgan fingerprint density at radius 1 is 1.19 bits per heavy atom. The third kappa shape index (κ3) is 7.78. The van der Waals surface area contributed by atoms with Gasteiger partial charge in [-0.05, 0) is 44.4 Å². The standard InChI is InChI=1S/C20H30N4O2.HI/c1-6-21-20(23-13-19-24-15(4)16(5)26-19)22-11-12-25-18-9-7-17(8-10-18)14(2)3;/h7-10,14H,6,11-13H2,1-5H3,(H2,21,22,23);1H. The topological polar surface area (TPSA) is 71.7 Å². The van der Waals surface area contributed by atoms with Crippen LogP contribution in [-0.4, -0.2) is 30.6 Å². The number of aromatic nitrogens is 1. The van der Waals surface area contributed by atoms with E-state index in [2.05, 4.69) is 46.6 Å². The van der Waals surface area contributed by atoms with E-state index in [-0.39, 0.29) is 24.0 Å². The fourth-order valence-electron chi connectivity index (χ4n) is 2.38. The second kappa shape index (κ2) is 11.8. The molecular formula is C20H31IN4O2. The molecule has 2 N–H and O–H groups in total. The molecule has 0 unspecified atom stereocenters. The lowest BCUT2D eigenvalue weighted by Crippen LogP contribution is -2.39. The maximum atomic E-state index is 5.77. The average molecular weight is 486 g/mol. The number of guanidine groups is 1. The molecule has 27 heavy (non-hydrogen) atoms. The lowest BCUT2D eigenvalue weighted by Gasteiger charge is -2.12. The Morgan fingerprint density at radius 2 is 1.89 bits per heavy atom. The molecule has 6 nitrogen and oxygen atoms in total. The van der Waals surface area contributed by atoms with Crippen molar-refractivity contribution < 1.29 is 9.15 Å². The highest BCUT2D eigenvalue weighted by Crippen LogP contribution is 2.18. The maximum absolute atomic E-state index is 5.77. The molecule has 1 aromatic carbocycles. The van der Waals surface area contributed by atoms with E-state index in [1.54, 1.807) is 0 Å². The Balaban J connectivity index is 0.00000364. The molecule has 0 fully saturated rings. The van der Waals surface area contributed by atoms with Crippen molar-refractivity contribution in [2.75, 3.05) is 19.7 Å². The van der Waals surface area contributed by atoms with Crippen LogP contribution < -0.4 is 15.4 Å². The van der Waals surface area contributed by atoms with Gasteiger partial charge in [-0.2, -0.15) is 0 Å². The zero-order chi connectivity index (χ0) is 18.9. The van der Waals surface area contributed by atoms with Crippen LogP contribution in [-0.2, 0) is 6.54 Å². The Hall–Kier alpha value is -1.77. The summed E-state index contributed by atoms with van der Waals surface area (Å²) in [6.45, 7) is 12.6. The smallest absolute Gasteiger partial charge is 0.216 e. The minimum atomic E-state index is 0. The van der Waals surface area contributed by atoms with Crippen molar-refractivity contribution >= 4 is 29.9 Å². The van der Waals surface area contributed by atoms with E-state index in [1.165, 1.54) is 5.56 Å². The summed E-state index contributed by atoms with van der Waals surface area (Å²) >= 11 is 0. The monoisotopic (exact) mass is 486 g/mol. The number of nitrogens with zero attached hydrogens (tertiary/aromatic N) is 2. The molecule has 0 aliphatic rings. The van der Waals surface area contributed by atoms with Crippen molar-refractivity contribution in [3.8, 4) is 5.75 Å². The molecule has 0 bridgehead atoms. The van der Waals surface area contributed by atoms with Gasteiger partial charge < -0.3 is 19.8 Å². The molecule has 0 aliphatic heterocycles. The maximum Gasteiger partial charge on any atom is 0.216 e. The third-order valence-electron chi connectivity index (χ3n) is 4.00. The van der Waals surface area contributed by atoms with Gasteiger partial charge in [-0.3, -0.25) is 0 Å². The first kappa shape index (κ1) is 23.3. The van der Waals surface area contributed by atoms with Crippen LogP contribution >= 0.6 is 24.0 Å². The number of aliphatic imine (C=N–C) groups is 1. The summed E-state index contributed by atoms with van der Waals surface area (Å²) in [5.74, 6) is 3.59. The van der Waals surface area contributed by atoms with E-state index in [0.29, 0.717) is 31.5 Å².